The molecule has 7 atom stereocenters. The molecule has 1 amide bonds. The molecule has 6 N–H and O–H groups in total. The number of fused-ring (bicyclic) bond motifs is 1. The van der Waals surface area contributed by atoms with Crippen molar-refractivity contribution in [2.24, 2.45) is 23.7 Å². The lowest BCUT2D eigenvalue weighted by Crippen LogP contribution is -2.55. The number of aliphatic hydroxyl groups excluding tert-OH is 5. The zero-order valence-corrected chi connectivity index (χ0v) is 25.1. The fraction of sp³-hybridized carbons (Fsp3) is 0.633. The van der Waals surface area contributed by atoms with Crippen molar-refractivity contribution in [1.82, 2.24) is 20.2 Å². The first-order valence-corrected chi connectivity index (χ1v) is 15.5. The molecule has 0 spiro atoms. The highest BCUT2D eigenvalue weighted by atomic mass is 35.5. The van der Waals surface area contributed by atoms with E-state index in [1.165, 1.54) is 6.07 Å². The Morgan fingerprint density at radius 3 is 2.41 bits per heavy atom. The highest BCUT2D eigenvalue weighted by molar-refractivity contribution is 6.30. The number of anilines is 1. The summed E-state index contributed by atoms with van der Waals surface area (Å²) in [6.07, 6.45) is -1.06. The normalized spacial score (nSPS) is 23.9. The maximum Gasteiger partial charge on any atom is 0.227 e. The molecule has 0 radical (unpaired) electrons. The summed E-state index contributed by atoms with van der Waals surface area (Å²) in [5, 5.41) is 51.2. The average molecular weight is 638 g/mol. The molecule has 1 saturated carbocycles. The second-order valence-electron chi connectivity index (χ2n) is 12.1. The van der Waals surface area contributed by atoms with Gasteiger partial charge in [-0.15, -0.1) is 0 Å². The minimum atomic E-state index is -1.67. The predicted octanol–water partition coefficient (Wildman–Crippen LogP) is -0.163. The number of carbonyl (C=O) groups excluding carboxylic acids is 1. The Bertz CT molecular complexity index is 1240. The van der Waals surface area contributed by atoms with Gasteiger partial charge in [-0.25, -0.2) is 14.4 Å². The molecule has 1 aromatic heterocycles. The van der Waals surface area contributed by atoms with Gasteiger partial charge in [0, 0.05) is 51.3 Å². The molecule has 2 aliphatic heterocycles. The molecule has 2 aromatic rings. The number of ether oxygens (including phenoxy) is 1. The number of benzene rings is 1. The lowest BCUT2D eigenvalue weighted by Gasteiger charge is -2.39. The first-order chi connectivity index (χ1) is 21.1. The van der Waals surface area contributed by atoms with Gasteiger partial charge in [-0.1, -0.05) is 17.7 Å². The predicted molar refractivity (Wildman–Crippen MR) is 159 cm³/mol. The summed E-state index contributed by atoms with van der Waals surface area (Å²) in [6.45, 7) is 3.06. The van der Waals surface area contributed by atoms with Gasteiger partial charge in [-0.2, -0.15) is 0 Å². The number of rotatable bonds is 16. The number of nitrogens with zero attached hydrogens (tertiary/aromatic N) is 4. The number of hydrogen-bond acceptors (Lipinski definition) is 11. The second kappa shape index (κ2) is 14.6. The summed E-state index contributed by atoms with van der Waals surface area (Å²) in [7, 11) is 0. The van der Waals surface area contributed by atoms with E-state index in [9.17, 15) is 29.6 Å². The Hall–Kier alpha value is -2.65. The van der Waals surface area contributed by atoms with Crippen LogP contribution in [0.3, 0.4) is 0 Å². The third-order valence-corrected chi connectivity index (χ3v) is 9.19. The van der Waals surface area contributed by atoms with E-state index in [1.807, 2.05) is 0 Å². The summed E-state index contributed by atoms with van der Waals surface area (Å²) in [6, 6.07) is 4.62. The minimum Gasteiger partial charge on any atom is -0.493 e. The van der Waals surface area contributed by atoms with Crippen LogP contribution in [-0.4, -0.2) is 123 Å². The molecule has 5 rings (SSSR count). The van der Waals surface area contributed by atoms with Crippen molar-refractivity contribution in [2.75, 3.05) is 57.4 Å². The molecule has 2 saturated heterocycles. The monoisotopic (exact) mass is 637 g/mol. The number of piperidine rings is 1. The van der Waals surface area contributed by atoms with Crippen LogP contribution in [0.25, 0.3) is 0 Å². The van der Waals surface area contributed by atoms with Gasteiger partial charge in [0.25, 0.3) is 0 Å². The zero-order chi connectivity index (χ0) is 31.4. The second-order valence-corrected chi connectivity index (χ2v) is 12.6. The van der Waals surface area contributed by atoms with Gasteiger partial charge in [0.1, 0.15) is 29.9 Å². The van der Waals surface area contributed by atoms with Crippen LogP contribution in [0.15, 0.2) is 30.6 Å². The SMILES string of the molecule is O=C(Cc1ccc(OCCC[C@@H]2[C@H]3CN(c4ncc(Cl)cn4)C[C@@H]23)cc1F)N1CC(CNC[C@H](O)[C@@H](O)[C@H](O)[C@H](O)CO)C1. The van der Waals surface area contributed by atoms with Gasteiger partial charge in [-0.05, 0) is 42.2 Å². The van der Waals surface area contributed by atoms with E-state index in [0.29, 0.717) is 60.3 Å². The van der Waals surface area contributed by atoms with E-state index >= 15 is 0 Å². The molecular weight excluding hydrogens is 597 g/mol. The van der Waals surface area contributed by atoms with E-state index in [4.69, 9.17) is 21.4 Å². The van der Waals surface area contributed by atoms with E-state index < -0.39 is 36.8 Å². The number of halogens is 2. The smallest absolute Gasteiger partial charge is 0.227 e. The highest BCUT2D eigenvalue weighted by Gasteiger charge is 2.55. The summed E-state index contributed by atoms with van der Waals surface area (Å²) >= 11 is 5.88. The molecule has 44 heavy (non-hydrogen) atoms. The standard InChI is InChI=1S/C30H41ClFN5O7/c31-19-9-34-30(35-10-19)37-14-22-21(23(22)15-37)2-1-5-44-20-4-3-18(24(32)7-20)6-27(41)36-12-17(13-36)8-33-11-25(39)28(42)29(43)26(40)16-38/h3-4,7,9-10,17,21-23,25-26,28-29,33,38-40,42-43H,1-2,5-6,8,11-16H2/t21-,22-,23+,25-,26+,28+,29+/m0/s1. The summed E-state index contributed by atoms with van der Waals surface area (Å²) in [4.78, 5) is 25.1. The molecule has 242 valence electrons. The number of aliphatic hydroxyl groups is 5. The molecular formula is C30H41ClFN5O7. The fourth-order valence-electron chi connectivity index (χ4n) is 6.28. The Morgan fingerprint density at radius 2 is 1.75 bits per heavy atom. The van der Waals surface area contributed by atoms with E-state index in [1.54, 1.807) is 29.4 Å². The lowest BCUT2D eigenvalue weighted by atomic mass is 9.98. The maximum absolute atomic E-state index is 14.7. The molecule has 0 bridgehead atoms. The molecule has 14 heteroatoms. The highest BCUT2D eigenvalue weighted by Crippen LogP contribution is 2.54. The zero-order valence-electron chi connectivity index (χ0n) is 24.4. The van der Waals surface area contributed by atoms with Crippen LogP contribution in [0.5, 0.6) is 5.75 Å². The quantitative estimate of drug-likeness (QED) is 0.135. The van der Waals surface area contributed by atoms with Crippen molar-refractivity contribution < 1.29 is 39.5 Å². The average Bonchev–Trinajstić information content (AvgIpc) is 3.43. The Morgan fingerprint density at radius 1 is 1.07 bits per heavy atom. The number of carbonyl (C=O) groups is 1. The van der Waals surface area contributed by atoms with Crippen molar-refractivity contribution in [2.45, 2.75) is 43.7 Å². The first-order valence-electron chi connectivity index (χ1n) is 15.1. The Balaban J connectivity index is 0.938. The topological polar surface area (TPSA) is 172 Å². The molecule has 1 aliphatic carbocycles. The van der Waals surface area contributed by atoms with Crippen molar-refractivity contribution >= 4 is 23.5 Å². The van der Waals surface area contributed by atoms with Gasteiger partial charge in [0.2, 0.25) is 11.9 Å². The number of hydrogen-bond donors (Lipinski definition) is 6. The number of aromatic nitrogens is 2. The molecule has 1 aromatic carbocycles. The van der Waals surface area contributed by atoms with Crippen molar-refractivity contribution in [1.29, 1.82) is 0 Å². The van der Waals surface area contributed by atoms with E-state index in [-0.39, 0.29) is 24.8 Å². The maximum atomic E-state index is 14.7. The number of likely N-dealkylation sites (tertiary alicyclic amines) is 1. The van der Waals surface area contributed by atoms with Crippen LogP contribution >= 0.6 is 11.6 Å². The van der Waals surface area contributed by atoms with Gasteiger partial charge in [0.15, 0.2) is 0 Å². The van der Waals surface area contributed by atoms with Crippen molar-refractivity contribution in [3.05, 3.63) is 47.0 Å². The van der Waals surface area contributed by atoms with Gasteiger partial charge >= 0.3 is 0 Å². The third kappa shape index (κ3) is 7.94. The Labute approximate surface area is 260 Å². The van der Waals surface area contributed by atoms with Gasteiger partial charge in [-0.3, -0.25) is 4.79 Å². The van der Waals surface area contributed by atoms with Crippen LogP contribution < -0.4 is 15.0 Å². The summed E-state index contributed by atoms with van der Waals surface area (Å²) < 4.78 is 20.5. The van der Waals surface area contributed by atoms with E-state index in [0.717, 1.165) is 31.9 Å². The van der Waals surface area contributed by atoms with Crippen LogP contribution in [0.4, 0.5) is 10.3 Å². The molecule has 12 nitrogen and oxygen atoms in total. The summed E-state index contributed by atoms with van der Waals surface area (Å²) in [5.74, 6) is 2.63. The third-order valence-electron chi connectivity index (χ3n) is 9.00. The van der Waals surface area contributed by atoms with Crippen LogP contribution in [-0.2, 0) is 11.2 Å². The molecule has 0 unspecified atom stereocenters. The largest absolute Gasteiger partial charge is 0.493 e. The molecule has 3 heterocycles. The van der Waals surface area contributed by atoms with Crippen molar-refractivity contribution in [3.8, 4) is 5.75 Å². The Kier molecular flexibility index (Phi) is 10.9. The first kappa shape index (κ1) is 32.7. The lowest BCUT2D eigenvalue weighted by molar-refractivity contribution is -0.136. The number of amides is 1. The number of nitrogens with one attached hydrogen (secondary N) is 1. The van der Waals surface area contributed by atoms with Gasteiger partial charge < -0.3 is 45.4 Å². The van der Waals surface area contributed by atoms with Crippen molar-refractivity contribution in [3.63, 3.8) is 0 Å². The summed E-state index contributed by atoms with van der Waals surface area (Å²) in [5.41, 5.74) is 0.310. The molecule has 3 fully saturated rings. The minimum absolute atomic E-state index is 0.0399. The molecule has 3 aliphatic rings. The van der Waals surface area contributed by atoms with Crippen LogP contribution in [0.2, 0.25) is 5.02 Å². The fourth-order valence-corrected chi connectivity index (χ4v) is 6.37. The van der Waals surface area contributed by atoms with Gasteiger partial charge in [0.05, 0.1) is 43.2 Å². The van der Waals surface area contributed by atoms with E-state index in [2.05, 4.69) is 20.2 Å². The van der Waals surface area contributed by atoms with Crippen LogP contribution in [0.1, 0.15) is 18.4 Å². The van der Waals surface area contributed by atoms with Crippen LogP contribution in [0, 0.1) is 29.5 Å².